The molecule has 0 unspecified atom stereocenters. The van der Waals surface area contributed by atoms with Crippen LogP contribution in [-0.4, -0.2) is 23.3 Å². The summed E-state index contributed by atoms with van der Waals surface area (Å²) in [5, 5.41) is 0. The van der Waals surface area contributed by atoms with E-state index in [4.69, 9.17) is 22.7 Å². The van der Waals surface area contributed by atoms with Crippen molar-refractivity contribution in [3.63, 3.8) is 0 Å². The Labute approximate surface area is 77.1 Å². The summed E-state index contributed by atoms with van der Waals surface area (Å²) in [4.78, 5) is 0.427. The number of nitrogens with two attached hydrogens (primary N) is 1. The number of ether oxygens (including phenoxy) is 1. The van der Waals surface area contributed by atoms with Gasteiger partial charge in [0.25, 0.3) is 0 Å². The number of hydrogen-bond donors (Lipinski definition) is 1. The summed E-state index contributed by atoms with van der Waals surface area (Å²) >= 11 is 4.87. The fraction of sp³-hybridized carbons (Fsp3) is 0.375. The van der Waals surface area contributed by atoms with Crippen LogP contribution in [0.25, 0.3) is 0 Å². The van der Waals surface area contributed by atoms with Gasteiger partial charge in [0.1, 0.15) is 4.99 Å². The molecule has 12 heavy (non-hydrogen) atoms. The van der Waals surface area contributed by atoms with Crippen molar-refractivity contribution < 1.29 is 4.74 Å². The van der Waals surface area contributed by atoms with Gasteiger partial charge in [-0.1, -0.05) is 12.2 Å². The van der Waals surface area contributed by atoms with Gasteiger partial charge in [-0.2, -0.15) is 0 Å². The molecule has 0 aliphatic carbocycles. The van der Waals surface area contributed by atoms with Crippen molar-refractivity contribution in [1.29, 1.82) is 0 Å². The van der Waals surface area contributed by atoms with Gasteiger partial charge in [-0.05, 0) is 12.1 Å². The van der Waals surface area contributed by atoms with Crippen molar-refractivity contribution in [2.75, 3.05) is 13.7 Å². The second-order valence-electron chi connectivity index (χ2n) is 2.44. The lowest BCUT2D eigenvalue weighted by Crippen LogP contribution is -2.16. The number of rotatable bonds is 4. The maximum Gasteiger partial charge on any atom is 0.120 e. The molecule has 2 N–H and O–H groups in total. The average Bonchev–Trinajstić information content (AvgIpc) is 2.48. The monoisotopic (exact) mass is 184 g/mol. The van der Waals surface area contributed by atoms with Crippen molar-refractivity contribution in [3.05, 3.63) is 24.0 Å². The molecular formula is C8H12N2OS. The minimum absolute atomic E-state index is 0.427. The maximum atomic E-state index is 5.50. The van der Waals surface area contributed by atoms with Crippen molar-refractivity contribution in [3.8, 4) is 0 Å². The zero-order valence-corrected chi connectivity index (χ0v) is 7.80. The number of methoxy groups -OCH3 is 1. The van der Waals surface area contributed by atoms with E-state index in [1.54, 1.807) is 7.11 Å². The first kappa shape index (κ1) is 9.22. The summed E-state index contributed by atoms with van der Waals surface area (Å²) in [6.07, 6.45) is 1.94. The van der Waals surface area contributed by atoms with Gasteiger partial charge in [-0.25, -0.2) is 0 Å². The molecule has 1 heterocycles. The number of nitrogens with zero attached hydrogens (tertiary/aromatic N) is 1. The van der Waals surface area contributed by atoms with Crippen molar-refractivity contribution >= 4 is 17.2 Å². The highest BCUT2D eigenvalue weighted by molar-refractivity contribution is 7.80. The molecule has 1 aromatic heterocycles. The maximum absolute atomic E-state index is 5.50. The van der Waals surface area contributed by atoms with Crippen LogP contribution in [0.4, 0.5) is 0 Å². The van der Waals surface area contributed by atoms with E-state index in [9.17, 15) is 0 Å². The van der Waals surface area contributed by atoms with E-state index in [-0.39, 0.29) is 0 Å². The van der Waals surface area contributed by atoms with Gasteiger partial charge in [-0.3, -0.25) is 0 Å². The van der Waals surface area contributed by atoms with Crippen LogP contribution in [-0.2, 0) is 11.3 Å². The van der Waals surface area contributed by atoms with E-state index in [1.165, 1.54) is 0 Å². The van der Waals surface area contributed by atoms with E-state index in [0.717, 1.165) is 12.2 Å². The third kappa shape index (κ3) is 2.06. The van der Waals surface area contributed by atoms with Crippen LogP contribution >= 0.6 is 12.2 Å². The molecule has 66 valence electrons. The fourth-order valence-corrected chi connectivity index (χ4v) is 1.21. The highest BCUT2D eigenvalue weighted by atomic mass is 32.1. The van der Waals surface area contributed by atoms with Gasteiger partial charge in [-0.15, -0.1) is 0 Å². The zero-order valence-electron chi connectivity index (χ0n) is 6.99. The largest absolute Gasteiger partial charge is 0.388 e. The Hall–Kier alpha value is -0.870. The molecule has 0 saturated heterocycles. The SMILES string of the molecule is COCCn1cccc1C(N)=S. The molecule has 0 spiro atoms. The molecule has 1 rings (SSSR count). The third-order valence-corrected chi connectivity index (χ3v) is 1.83. The van der Waals surface area contributed by atoms with Gasteiger partial charge in [0.2, 0.25) is 0 Å². The first-order chi connectivity index (χ1) is 5.75. The molecule has 0 aliphatic heterocycles. The third-order valence-electron chi connectivity index (χ3n) is 1.62. The quantitative estimate of drug-likeness (QED) is 0.703. The highest BCUT2D eigenvalue weighted by Gasteiger charge is 2.01. The fourth-order valence-electron chi connectivity index (χ4n) is 1.02. The normalized spacial score (nSPS) is 10.1. The minimum Gasteiger partial charge on any atom is -0.388 e. The predicted octanol–water partition coefficient (Wildman–Crippen LogP) is 0.769. The van der Waals surface area contributed by atoms with E-state index < -0.39 is 0 Å². The van der Waals surface area contributed by atoms with Crippen LogP contribution in [0.3, 0.4) is 0 Å². The zero-order chi connectivity index (χ0) is 8.97. The second-order valence-corrected chi connectivity index (χ2v) is 2.88. The van der Waals surface area contributed by atoms with Crippen LogP contribution < -0.4 is 5.73 Å². The summed E-state index contributed by atoms with van der Waals surface area (Å²) in [7, 11) is 1.67. The first-order valence-corrected chi connectivity index (χ1v) is 4.10. The van der Waals surface area contributed by atoms with E-state index in [2.05, 4.69) is 0 Å². The lowest BCUT2D eigenvalue weighted by atomic mass is 10.4. The van der Waals surface area contributed by atoms with Crippen LogP contribution in [0.15, 0.2) is 18.3 Å². The molecule has 0 atom stereocenters. The van der Waals surface area contributed by atoms with Crippen molar-refractivity contribution in [2.45, 2.75) is 6.54 Å². The number of aromatic nitrogens is 1. The van der Waals surface area contributed by atoms with E-state index >= 15 is 0 Å². The van der Waals surface area contributed by atoms with Gasteiger partial charge in [0, 0.05) is 19.9 Å². The molecule has 0 aliphatic rings. The Morgan fingerprint density at radius 3 is 3.08 bits per heavy atom. The highest BCUT2D eigenvalue weighted by Crippen LogP contribution is 2.01. The van der Waals surface area contributed by atoms with Crippen LogP contribution in [0.1, 0.15) is 5.69 Å². The Morgan fingerprint density at radius 2 is 2.50 bits per heavy atom. The molecule has 0 bridgehead atoms. The second kappa shape index (κ2) is 4.23. The van der Waals surface area contributed by atoms with Gasteiger partial charge >= 0.3 is 0 Å². The lowest BCUT2D eigenvalue weighted by Gasteiger charge is -2.06. The average molecular weight is 184 g/mol. The van der Waals surface area contributed by atoms with Crippen LogP contribution in [0.2, 0.25) is 0 Å². The first-order valence-electron chi connectivity index (χ1n) is 3.69. The Kier molecular flexibility index (Phi) is 3.25. The number of hydrogen-bond acceptors (Lipinski definition) is 2. The smallest absolute Gasteiger partial charge is 0.120 e. The molecule has 3 nitrogen and oxygen atoms in total. The van der Waals surface area contributed by atoms with Crippen molar-refractivity contribution in [1.82, 2.24) is 4.57 Å². The predicted molar refractivity (Wildman–Crippen MR) is 52.2 cm³/mol. The molecule has 1 aromatic rings. The van der Waals surface area contributed by atoms with Crippen molar-refractivity contribution in [2.24, 2.45) is 5.73 Å². The molecular weight excluding hydrogens is 172 g/mol. The van der Waals surface area contributed by atoms with Gasteiger partial charge < -0.3 is 15.0 Å². The Balaban J connectivity index is 2.70. The Morgan fingerprint density at radius 1 is 1.75 bits per heavy atom. The number of thiocarbonyl (C=S) groups is 1. The Bertz CT molecular complexity index is 270. The van der Waals surface area contributed by atoms with Gasteiger partial charge in [0.05, 0.1) is 12.3 Å². The topological polar surface area (TPSA) is 40.2 Å². The van der Waals surface area contributed by atoms with E-state index in [1.807, 2.05) is 22.9 Å². The minimum atomic E-state index is 0.427. The van der Waals surface area contributed by atoms with E-state index in [0.29, 0.717) is 11.6 Å². The molecule has 0 radical (unpaired) electrons. The summed E-state index contributed by atoms with van der Waals surface area (Å²) in [6, 6.07) is 3.82. The molecule has 0 fully saturated rings. The summed E-state index contributed by atoms with van der Waals surface area (Å²) in [5.41, 5.74) is 6.39. The van der Waals surface area contributed by atoms with Gasteiger partial charge in [0.15, 0.2) is 0 Å². The van der Waals surface area contributed by atoms with Crippen LogP contribution in [0.5, 0.6) is 0 Å². The summed E-state index contributed by atoms with van der Waals surface area (Å²) in [5.74, 6) is 0. The molecule has 0 saturated carbocycles. The molecule has 4 heteroatoms. The summed E-state index contributed by atoms with van der Waals surface area (Å²) < 4.78 is 6.92. The molecule has 0 amide bonds. The summed E-state index contributed by atoms with van der Waals surface area (Å²) in [6.45, 7) is 1.46. The molecule has 0 aromatic carbocycles. The standard InChI is InChI=1S/C8H12N2OS/c1-11-6-5-10-4-2-3-7(10)8(9)12/h2-4H,5-6H2,1H3,(H2,9,12). The van der Waals surface area contributed by atoms with Crippen LogP contribution in [0, 0.1) is 0 Å². The lowest BCUT2D eigenvalue weighted by molar-refractivity contribution is 0.187.